The van der Waals surface area contributed by atoms with Crippen molar-refractivity contribution in [1.29, 1.82) is 5.26 Å². The summed E-state index contributed by atoms with van der Waals surface area (Å²) in [7, 11) is 0. The van der Waals surface area contributed by atoms with E-state index in [-0.39, 0.29) is 0 Å². The lowest BCUT2D eigenvalue weighted by atomic mass is 10.2. The number of esters is 1. The summed E-state index contributed by atoms with van der Waals surface area (Å²) in [5, 5.41) is 11.3. The summed E-state index contributed by atoms with van der Waals surface area (Å²) in [5.41, 5.74) is 1.05. The van der Waals surface area contributed by atoms with E-state index in [1.807, 2.05) is 19.1 Å². The van der Waals surface area contributed by atoms with Crippen molar-refractivity contribution in [3.05, 3.63) is 51.7 Å². The molecule has 0 spiro atoms. The number of carbonyl (C=O) groups is 2. The SMILES string of the molecule is Cc1ccc(C(=O)OC(C)C(=O)Nc2ccc(C#N)cc2)s1. The molecule has 1 heterocycles. The first-order valence-corrected chi connectivity index (χ1v) is 7.39. The average Bonchev–Trinajstić information content (AvgIpc) is 2.94. The van der Waals surface area contributed by atoms with Crippen LogP contribution in [0.25, 0.3) is 0 Å². The van der Waals surface area contributed by atoms with Gasteiger partial charge in [-0.15, -0.1) is 11.3 Å². The molecule has 1 unspecified atom stereocenters. The lowest BCUT2D eigenvalue weighted by Gasteiger charge is -2.13. The number of aryl methyl sites for hydroxylation is 1. The zero-order chi connectivity index (χ0) is 16.1. The molecule has 5 nitrogen and oxygen atoms in total. The summed E-state index contributed by atoms with van der Waals surface area (Å²) < 4.78 is 5.14. The zero-order valence-corrected chi connectivity index (χ0v) is 12.9. The smallest absolute Gasteiger partial charge is 0.349 e. The molecule has 0 aliphatic carbocycles. The Bertz CT molecular complexity index is 729. The highest BCUT2D eigenvalue weighted by atomic mass is 32.1. The van der Waals surface area contributed by atoms with Crippen LogP contribution in [0.15, 0.2) is 36.4 Å². The number of amides is 1. The number of anilines is 1. The maximum absolute atomic E-state index is 12.0. The summed E-state index contributed by atoms with van der Waals surface area (Å²) in [5.74, 6) is -0.938. The van der Waals surface area contributed by atoms with Crippen LogP contribution in [0, 0.1) is 18.3 Å². The second-order valence-corrected chi connectivity index (χ2v) is 5.92. The first-order chi connectivity index (χ1) is 10.5. The van der Waals surface area contributed by atoms with Gasteiger partial charge in [-0.25, -0.2) is 4.79 Å². The second-order valence-electron chi connectivity index (χ2n) is 4.64. The predicted octanol–water partition coefficient (Wildman–Crippen LogP) is 3.11. The average molecular weight is 314 g/mol. The molecule has 1 aromatic carbocycles. The Morgan fingerprint density at radius 3 is 2.45 bits per heavy atom. The fourth-order valence-electron chi connectivity index (χ4n) is 1.69. The van der Waals surface area contributed by atoms with Crippen LogP contribution in [0.5, 0.6) is 0 Å². The maximum Gasteiger partial charge on any atom is 0.349 e. The van der Waals surface area contributed by atoms with Crippen LogP contribution < -0.4 is 5.32 Å². The number of benzene rings is 1. The quantitative estimate of drug-likeness (QED) is 0.879. The topological polar surface area (TPSA) is 79.2 Å². The Morgan fingerprint density at radius 1 is 1.23 bits per heavy atom. The third kappa shape index (κ3) is 3.93. The summed E-state index contributed by atoms with van der Waals surface area (Å²) in [6, 6.07) is 11.9. The number of nitrogens with one attached hydrogen (secondary N) is 1. The monoisotopic (exact) mass is 314 g/mol. The van der Waals surface area contributed by atoms with Gasteiger partial charge >= 0.3 is 5.97 Å². The van der Waals surface area contributed by atoms with Crippen LogP contribution in [0.4, 0.5) is 5.69 Å². The van der Waals surface area contributed by atoms with E-state index in [9.17, 15) is 9.59 Å². The number of hydrogen-bond donors (Lipinski definition) is 1. The van der Waals surface area contributed by atoms with Crippen LogP contribution >= 0.6 is 11.3 Å². The van der Waals surface area contributed by atoms with Gasteiger partial charge in [0.15, 0.2) is 6.10 Å². The van der Waals surface area contributed by atoms with E-state index < -0.39 is 18.0 Å². The van der Waals surface area contributed by atoms with E-state index in [2.05, 4.69) is 5.32 Å². The molecule has 22 heavy (non-hydrogen) atoms. The highest BCUT2D eigenvalue weighted by Gasteiger charge is 2.19. The third-order valence-electron chi connectivity index (χ3n) is 2.88. The molecule has 0 radical (unpaired) electrons. The lowest BCUT2D eigenvalue weighted by Crippen LogP contribution is -2.29. The summed E-state index contributed by atoms with van der Waals surface area (Å²) in [6.07, 6.45) is -0.912. The third-order valence-corrected chi connectivity index (χ3v) is 3.86. The second kappa shape index (κ2) is 6.87. The number of carbonyl (C=O) groups excluding carboxylic acids is 2. The molecule has 2 aromatic rings. The first kappa shape index (κ1) is 15.7. The highest BCUT2D eigenvalue weighted by molar-refractivity contribution is 7.13. The van der Waals surface area contributed by atoms with E-state index in [0.717, 1.165) is 4.88 Å². The van der Waals surface area contributed by atoms with Gasteiger partial charge in [0.1, 0.15) is 4.88 Å². The Hall–Kier alpha value is -2.65. The Balaban J connectivity index is 1.94. The molecule has 0 fully saturated rings. The highest BCUT2D eigenvalue weighted by Crippen LogP contribution is 2.17. The molecular weight excluding hydrogens is 300 g/mol. The van der Waals surface area contributed by atoms with E-state index >= 15 is 0 Å². The molecule has 1 amide bonds. The van der Waals surface area contributed by atoms with Gasteiger partial charge in [-0.3, -0.25) is 4.79 Å². The fraction of sp³-hybridized carbons (Fsp3) is 0.188. The van der Waals surface area contributed by atoms with Crippen molar-refractivity contribution in [1.82, 2.24) is 0 Å². The molecule has 1 N–H and O–H groups in total. The van der Waals surface area contributed by atoms with Gasteiger partial charge in [-0.2, -0.15) is 5.26 Å². The van der Waals surface area contributed by atoms with E-state index in [0.29, 0.717) is 16.1 Å². The lowest BCUT2D eigenvalue weighted by molar-refractivity contribution is -0.123. The van der Waals surface area contributed by atoms with Crippen LogP contribution in [-0.2, 0) is 9.53 Å². The van der Waals surface area contributed by atoms with Gasteiger partial charge in [-0.05, 0) is 50.2 Å². The first-order valence-electron chi connectivity index (χ1n) is 6.58. The zero-order valence-electron chi connectivity index (χ0n) is 12.1. The van der Waals surface area contributed by atoms with Gasteiger partial charge in [-0.1, -0.05) is 0 Å². The normalized spacial score (nSPS) is 11.3. The summed E-state index contributed by atoms with van der Waals surface area (Å²) in [4.78, 5) is 25.3. The summed E-state index contributed by atoms with van der Waals surface area (Å²) in [6.45, 7) is 3.40. The van der Waals surface area contributed by atoms with Crippen molar-refractivity contribution in [2.24, 2.45) is 0 Å². The minimum atomic E-state index is -0.912. The van der Waals surface area contributed by atoms with E-state index in [1.165, 1.54) is 18.3 Å². The maximum atomic E-state index is 12.0. The fourth-order valence-corrected chi connectivity index (χ4v) is 2.44. The van der Waals surface area contributed by atoms with Gasteiger partial charge in [0.2, 0.25) is 0 Å². The van der Waals surface area contributed by atoms with Crippen molar-refractivity contribution in [2.75, 3.05) is 5.32 Å². The number of nitrogens with zero attached hydrogens (tertiary/aromatic N) is 1. The van der Waals surface area contributed by atoms with Crippen molar-refractivity contribution in [3.8, 4) is 6.07 Å². The number of nitriles is 1. The van der Waals surface area contributed by atoms with Crippen molar-refractivity contribution >= 4 is 28.9 Å². The Kier molecular flexibility index (Phi) is 4.92. The van der Waals surface area contributed by atoms with Crippen LogP contribution in [-0.4, -0.2) is 18.0 Å². The van der Waals surface area contributed by atoms with Crippen LogP contribution in [0.3, 0.4) is 0 Å². The number of ether oxygens (including phenoxy) is 1. The minimum Gasteiger partial charge on any atom is -0.448 e. The minimum absolute atomic E-state index is 0.425. The standard InChI is InChI=1S/C16H14N2O3S/c1-10-3-8-14(22-10)16(20)21-11(2)15(19)18-13-6-4-12(9-17)5-7-13/h3-8,11H,1-2H3,(H,18,19). The van der Waals surface area contributed by atoms with Gasteiger partial charge in [0.25, 0.3) is 5.91 Å². The Morgan fingerprint density at radius 2 is 1.91 bits per heavy atom. The molecule has 1 atom stereocenters. The molecule has 2 rings (SSSR count). The van der Waals surface area contributed by atoms with Gasteiger partial charge in [0, 0.05) is 10.6 Å². The molecule has 0 saturated carbocycles. The van der Waals surface area contributed by atoms with Crippen LogP contribution in [0.2, 0.25) is 0 Å². The van der Waals surface area contributed by atoms with E-state index in [1.54, 1.807) is 30.3 Å². The number of hydrogen-bond acceptors (Lipinski definition) is 5. The van der Waals surface area contributed by atoms with E-state index in [4.69, 9.17) is 10.00 Å². The largest absolute Gasteiger partial charge is 0.448 e. The molecule has 0 bridgehead atoms. The van der Waals surface area contributed by atoms with Crippen LogP contribution in [0.1, 0.15) is 27.0 Å². The van der Waals surface area contributed by atoms with Crippen molar-refractivity contribution in [2.45, 2.75) is 20.0 Å². The molecule has 6 heteroatoms. The van der Waals surface area contributed by atoms with Gasteiger partial charge in [0.05, 0.1) is 11.6 Å². The van der Waals surface area contributed by atoms with Crippen molar-refractivity contribution < 1.29 is 14.3 Å². The molecular formula is C16H14N2O3S. The number of thiophene rings is 1. The van der Waals surface area contributed by atoms with Crippen molar-refractivity contribution in [3.63, 3.8) is 0 Å². The molecule has 0 saturated heterocycles. The van der Waals surface area contributed by atoms with Gasteiger partial charge < -0.3 is 10.1 Å². The Labute approximate surface area is 132 Å². The predicted molar refractivity (Wildman–Crippen MR) is 83.7 cm³/mol. The number of rotatable bonds is 4. The molecule has 112 valence electrons. The molecule has 0 aliphatic rings. The molecule has 0 aliphatic heterocycles. The summed E-state index contributed by atoms with van der Waals surface area (Å²) >= 11 is 1.32. The molecule has 1 aromatic heterocycles.